The van der Waals surface area contributed by atoms with Gasteiger partial charge in [-0.3, -0.25) is 4.79 Å². The highest BCUT2D eigenvalue weighted by Gasteiger charge is 2.17. The van der Waals surface area contributed by atoms with Crippen LogP contribution < -0.4 is 4.18 Å². The molecule has 0 unspecified atom stereocenters. The van der Waals surface area contributed by atoms with Gasteiger partial charge in [-0.15, -0.1) is 0 Å². The van der Waals surface area contributed by atoms with Crippen molar-refractivity contribution in [1.82, 2.24) is 0 Å². The van der Waals surface area contributed by atoms with Crippen LogP contribution in [0.5, 0.6) is 5.75 Å². The third-order valence-corrected chi connectivity index (χ3v) is 7.60. The van der Waals surface area contributed by atoms with Gasteiger partial charge in [-0.25, -0.2) is 4.99 Å². The second-order valence-corrected chi connectivity index (χ2v) is 11.1. The highest BCUT2D eigenvalue weighted by molar-refractivity contribution is 7.87. The van der Waals surface area contributed by atoms with Gasteiger partial charge < -0.3 is 8.92 Å². The number of hydrogen-bond donors (Lipinski definition) is 0. The number of allylic oxidation sites excluding steroid dienone is 3. The molecule has 1 aliphatic rings. The van der Waals surface area contributed by atoms with Crippen LogP contribution in [-0.4, -0.2) is 26.7 Å². The number of benzene rings is 3. The minimum atomic E-state index is -3.90. The van der Waals surface area contributed by atoms with Gasteiger partial charge in [0.25, 0.3) is 0 Å². The zero-order chi connectivity index (χ0) is 27.8. The number of para-hydroxylation sites is 1. The quantitative estimate of drug-likeness (QED) is 0.112. The Morgan fingerprint density at radius 3 is 2.41 bits per heavy atom. The molecule has 4 rings (SSSR count). The molecule has 200 valence electrons. The van der Waals surface area contributed by atoms with E-state index in [-0.39, 0.29) is 29.6 Å². The minimum absolute atomic E-state index is 0.0486. The molecule has 0 saturated carbocycles. The summed E-state index contributed by atoms with van der Waals surface area (Å²) in [5.41, 5.74) is 6.43. The summed E-state index contributed by atoms with van der Waals surface area (Å²) in [4.78, 5) is 17.1. The first kappa shape index (κ1) is 28.4. The van der Waals surface area contributed by atoms with E-state index in [0.29, 0.717) is 39.9 Å². The second kappa shape index (κ2) is 13.0. The van der Waals surface area contributed by atoms with Gasteiger partial charge >= 0.3 is 16.1 Å². The maximum absolute atomic E-state index is 12.5. The third kappa shape index (κ3) is 7.94. The molecule has 6 nitrogen and oxygen atoms in total. The summed E-state index contributed by atoms with van der Waals surface area (Å²) in [6, 6.07) is 20.5. The highest BCUT2D eigenvalue weighted by atomic mass is 35.5. The molecule has 0 aliphatic heterocycles. The molecule has 0 spiro atoms. The van der Waals surface area contributed by atoms with Gasteiger partial charge in [0.15, 0.2) is 0 Å². The molecule has 0 bridgehead atoms. The summed E-state index contributed by atoms with van der Waals surface area (Å²) in [5, 5.41) is 0.691. The lowest BCUT2D eigenvalue weighted by molar-refractivity contribution is -0.142. The molecule has 39 heavy (non-hydrogen) atoms. The van der Waals surface area contributed by atoms with E-state index in [9.17, 15) is 13.2 Å². The van der Waals surface area contributed by atoms with E-state index in [2.05, 4.69) is 10.7 Å². The fraction of sp³-hybridized carbons (Fsp3) is 0.167. The zero-order valence-corrected chi connectivity index (χ0v) is 23.4. The van der Waals surface area contributed by atoms with Crippen LogP contribution in [0.2, 0.25) is 0 Å². The molecule has 1 aliphatic carbocycles. The molecular weight excluding hydrogens is 557 g/mol. The molecule has 0 heterocycles. The number of aryl methyl sites for hydroxylation is 2. The lowest BCUT2D eigenvalue weighted by Crippen LogP contribution is -2.10. The minimum Gasteiger partial charge on any atom is -0.465 e. The molecule has 0 aromatic heterocycles. The van der Waals surface area contributed by atoms with Crippen LogP contribution in [0.1, 0.15) is 23.1 Å². The Kier molecular flexibility index (Phi) is 9.44. The van der Waals surface area contributed by atoms with Crippen molar-refractivity contribution in [2.24, 2.45) is 4.99 Å². The van der Waals surface area contributed by atoms with E-state index < -0.39 is 10.1 Å². The van der Waals surface area contributed by atoms with Crippen LogP contribution in [0.25, 0.3) is 0 Å². The van der Waals surface area contributed by atoms with Crippen LogP contribution >= 0.6 is 23.2 Å². The van der Waals surface area contributed by atoms with Crippen molar-refractivity contribution in [2.45, 2.75) is 31.1 Å². The van der Waals surface area contributed by atoms with E-state index in [1.54, 1.807) is 60.7 Å². The maximum atomic E-state index is 12.5. The van der Waals surface area contributed by atoms with Crippen LogP contribution in [0.15, 0.2) is 111 Å². The molecule has 0 radical (unpaired) electrons. The van der Waals surface area contributed by atoms with Gasteiger partial charge in [-0.05, 0) is 73.4 Å². The molecule has 0 saturated heterocycles. The molecular formula is C30H25Cl2NO5S. The SMILES string of the molecule is Cc1ccc(S(=O)(=O)Oc2ccc(CCCOC(=O)Cc3ccccc3N=C3C(Cl)=C=CC=C3Cl)cc2)cc1. The summed E-state index contributed by atoms with van der Waals surface area (Å²) in [6.45, 7) is 2.12. The first-order valence-corrected chi connectivity index (χ1v) is 14.3. The number of esters is 1. The second-order valence-electron chi connectivity index (χ2n) is 8.72. The van der Waals surface area contributed by atoms with Crippen LogP contribution in [0, 0.1) is 6.92 Å². The van der Waals surface area contributed by atoms with Gasteiger partial charge in [-0.2, -0.15) is 8.42 Å². The first-order valence-electron chi connectivity index (χ1n) is 12.1. The van der Waals surface area contributed by atoms with E-state index in [1.165, 1.54) is 12.1 Å². The molecule has 0 N–H and O–H groups in total. The number of carbonyl (C=O) groups excluding carboxylic acids is 1. The molecule has 0 fully saturated rings. The smallest absolute Gasteiger partial charge is 0.339 e. The summed E-state index contributed by atoms with van der Waals surface area (Å²) >= 11 is 12.4. The number of ether oxygens (including phenoxy) is 1. The number of carbonyl (C=O) groups is 1. The summed E-state index contributed by atoms with van der Waals surface area (Å²) < 4.78 is 35.6. The number of halogens is 2. The number of rotatable bonds is 10. The topological polar surface area (TPSA) is 82.0 Å². The summed E-state index contributed by atoms with van der Waals surface area (Å²) in [5.74, 6) is -0.148. The lowest BCUT2D eigenvalue weighted by atomic mass is 10.1. The first-order chi connectivity index (χ1) is 18.7. The summed E-state index contributed by atoms with van der Waals surface area (Å²) in [7, 11) is -3.90. The van der Waals surface area contributed by atoms with Crippen molar-refractivity contribution in [2.75, 3.05) is 6.61 Å². The predicted octanol–water partition coefficient (Wildman–Crippen LogP) is 6.97. The van der Waals surface area contributed by atoms with E-state index >= 15 is 0 Å². The molecule has 9 heteroatoms. The average Bonchev–Trinajstić information content (AvgIpc) is 2.91. The normalized spacial score (nSPS) is 14.1. The Labute approximate surface area is 238 Å². The standard InChI is InChI=1S/C30H25Cl2NO5S/c1-21-11-17-25(18-12-21)39(35,36)38-24-15-13-22(14-16-24)6-5-19-37-29(34)20-23-7-2-3-10-28(23)33-30-26(31)8-4-9-27(30)32/h2-4,7-8,10-18H,5-6,19-20H2,1H3. The van der Waals surface area contributed by atoms with Crippen molar-refractivity contribution in [3.63, 3.8) is 0 Å². The van der Waals surface area contributed by atoms with E-state index in [4.69, 9.17) is 32.1 Å². The molecule has 0 amide bonds. The molecule has 3 aromatic carbocycles. The van der Waals surface area contributed by atoms with Gasteiger partial charge in [0.1, 0.15) is 21.4 Å². The zero-order valence-electron chi connectivity index (χ0n) is 21.1. The Bertz CT molecular complexity index is 1590. The maximum Gasteiger partial charge on any atom is 0.339 e. The van der Waals surface area contributed by atoms with Crippen LogP contribution in [0.4, 0.5) is 5.69 Å². The van der Waals surface area contributed by atoms with E-state index in [0.717, 1.165) is 11.1 Å². The number of hydrogen-bond acceptors (Lipinski definition) is 6. The van der Waals surface area contributed by atoms with Gasteiger partial charge in [0.2, 0.25) is 0 Å². The number of nitrogens with zero attached hydrogens (tertiary/aromatic N) is 1. The molecule has 3 aromatic rings. The van der Waals surface area contributed by atoms with Crippen molar-refractivity contribution in [3.8, 4) is 5.75 Å². The Morgan fingerprint density at radius 2 is 1.69 bits per heavy atom. The van der Waals surface area contributed by atoms with Crippen molar-refractivity contribution >= 4 is 50.7 Å². The van der Waals surface area contributed by atoms with Gasteiger partial charge in [0.05, 0.1) is 23.7 Å². The average molecular weight is 583 g/mol. The Balaban J connectivity index is 1.26. The monoisotopic (exact) mass is 581 g/mol. The van der Waals surface area contributed by atoms with Gasteiger partial charge in [-0.1, -0.05) is 77.0 Å². The number of aliphatic imine (C=N–C) groups is 1. The van der Waals surface area contributed by atoms with Crippen molar-refractivity contribution in [3.05, 3.63) is 117 Å². The lowest BCUT2D eigenvalue weighted by Gasteiger charge is -2.10. The van der Waals surface area contributed by atoms with Gasteiger partial charge in [0, 0.05) is 0 Å². The fourth-order valence-electron chi connectivity index (χ4n) is 3.69. The largest absolute Gasteiger partial charge is 0.465 e. The third-order valence-electron chi connectivity index (χ3n) is 5.74. The highest BCUT2D eigenvalue weighted by Crippen LogP contribution is 2.26. The summed E-state index contributed by atoms with van der Waals surface area (Å²) in [6.07, 6.45) is 4.56. The van der Waals surface area contributed by atoms with Crippen molar-refractivity contribution in [1.29, 1.82) is 0 Å². The van der Waals surface area contributed by atoms with Crippen molar-refractivity contribution < 1.29 is 22.1 Å². The Hall–Kier alpha value is -3.61. The fourth-order valence-corrected chi connectivity index (χ4v) is 5.08. The predicted molar refractivity (Wildman–Crippen MR) is 153 cm³/mol. The molecule has 0 atom stereocenters. The Morgan fingerprint density at radius 1 is 0.974 bits per heavy atom. The van der Waals surface area contributed by atoms with Crippen LogP contribution in [0.3, 0.4) is 0 Å². The van der Waals surface area contributed by atoms with Crippen LogP contribution in [-0.2, 0) is 32.5 Å². The van der Waals surface area contributed by atoms with E-state index in [1.807, 2.05) is 19.1 Å².